The SMILES string of the molecule is CCC(C(=O)O)N(C)CC(=O)NNC(=O)c1cccs1. The number of carbonyl (C=O) groups is 3. The number of hydrazine groups is 1. The Labute approximate surface area is 120 Å². The summed E-state index contributed by atoms with van der Waals surface area (Å²) in [5.74, 6) is -1.86. The Kier molecular flexibility index (Phi) is 6.13. The molecule has 0 fully saturated rings. The number of likely N-dealkylation sites (N-methyl/N-ethyl adjacent to an activating group) is 1. The average molecular weight is 299 g/mol. The van der Waals surface area contributed by atoms with Crippen LogP contribution in [-0.2, 0) is 9.59 Å². The van der Waals surface area contributed by atoms with Gasteiger partial charge in [0.2, 0.25) is 0 Å². The van der Waals surface area contributed by atoms with Crippen molar-refractivity contribution in [2.75, 3.05) is 13.6 Å². The van der Waals surface area contributed by atoms with Crippen molar-refractivity contribution in [1.82, 2.24) is 15.8 Å². The van der Waals surface area contributed by atoms with Gasteiger partial charge in [0.15, 0.2) is 0 Å². The van der Waals surface area contributed by atoms with Gasteiger partial charge in [-0.3, -0.25) is 30.1 Å². The Bertz CT molecular complexity index is 475. The second kappa shape index (κ2) is 7.61. The predicted molar refractivity (Wildman–Crippen MR) is 74.3 cm³/mol. The molecule has 1 atom stereocenters. The van der Waals surface area contributed by atoms with Crippen molar-refractivity contribution in [3.05, 3.63) is 22.4 Å². The lowest BCUT2D eigenvalue weighted by atomic mass is 10.2. The lowest BCUT2D eigenvalue weighted by Crippen LogP contribution is -2.48. The van der Waals surface area contributed by atoms with Crippen LogP contribution < -0.4 is 10.9 Å². The number of nitrogens with one attached hydrogen (secondary N) is 2. The van der Waals surface area contributed by atoms with Crippen LogP contribution >= 0.6 is 11.3 Å². The molecule has 0 saturated carbocycles. The first-order chi connectivity index (χ1) is 9.45. The molecule has 0 aliphatic rings. The number of hydrogen-bond acceptors (Lipinski definition) is 5. The summed E-state index contributed by atoms with van der Waals surface area (Å²) in [5, 5.41) is 10.7. The van der Waals surface area contributed by atoms with E-state index in [0.717, 1.165) is 0 Å². The minimum atomic E-state index is -0.981. The van der Waals surface area contributed by atoms with Crippen LogP contribution in [-0.4, -0.2) is 47.4 Å². The molecule has 1 aromatic heterocycles. The summed E-state index contributed by atoms with van der Waals surface area (Å²) in [7, 11) is 1.54. The number of aliphatic carboxylic acids is 1. The Morgan fingerprint density at radius 1 is 1.40 bits per heavy atom. The Morgan fingerprint density at radius 3 is 2.60 bits per heavy atom. The van der Waals surface area contributed by atoms with Crippen molar-refractivity contribution in [1.29, 1.82) is 0 Å². The summed E-state index contributed by atoms with van der Waals surface area (Å²) in [5.41, 5.74) is 4.53. The minimum Gasteiger partial charge on any atom is -0.480 e. The Balaban J connectivity index is 2.40. The summed E-state index contributed by atoms with van der Waals surface area (Å²) in [6.45, 7) is 1.61. The number of thiophene rings is 1. The predicted octanol–water partition coefficient (Wildman–Crippen LogP) is 0.304. The second-order valence-corrected chi connectivity index (χ2v) is 5.10. The van der Waals surface area contributed by atoms with Crippen molar-refractivity contribution in [2.24, 2.45) is 0 Å². The molecule has 1 rings (SSSR count). The highest BCUT2D eigenvalue weighted by molar-refractivity contribution is 7.12. The molecule has 0 aromatic carbocycles. The average Bonchev–Trinajstić information content (AvgIpc) is 2.90. The van der Waals surface area contributed by atoms with Crippen LogP contribution in [0.1, 0.15) is 23.0 Å². The van der Waals surface area contributed by atoms with E-state index in [0.29, 0.717) is 11.3 Å². The minimum absolute atomic E-state index is 0.116. The summed E-state index contributed by atoms with van der Waals surface area (Å²) < 4.78 is 0. The van der Waals surface area contributed by atoms with Gasteiger partial charge >= 0.3 is 5.97 Å². The molecular weight excluding hydrogens is 282 g/mol. The number of carbonyl (C=O) groups excluding carboxylic acids is 2. The van der Waals surface area contributed by atoms with Crippen LogP contribution in [0, 0.1) is 0 Å². The standard InChI is InChI=1S/C12H17N3O4S/c1-3-8(12(18)19)15(2)7-10(16)13-14-11(17)9-5-4-6-20-9/h4-6,8H,3,7H2,1-2H3,(H,13,16)(H,14,17)(H,18,19). The highest BCUT2D eigenvalue weighted by Crippen LogP contribution is 2.07. The van der Waals surface area contributed by atoms with Crippen LogP contribution in [0.25, 0.3) is 0 Å². The molecule has 0 saturated heterocycles. The Hall–Kier alpha value is -1.93. The van der Waals surface area contributed by atoms with E-state index in [1.165, 1.54) is 16.2 Å². The van der Waals surface area contributed by atoms with Crippen molar-refractivity contribution in [2.45, 2.75) is 19.4 Å². The molecule has 1 unspecified atom stereocenters. The zero-order valence-corrected chi connectivity index (χ0v) is 12.1. The van der Waals surface area contributed by atoms with Crippen molar-refractivity contribution < 1.29 is 19.5 Å². The summed E-state index contributed by atoms with van der Waals surface area (Å²) in [6, 6.07) is 2.64. The highest BCUT2D eigenvalue weighted by atomic mass is 32.1. The van der Waals surface area contributed by atoms with E-state index in [1.807, 2.05) is 0 Å². The molecule has 0 radical (unpaired) electrons. The van der Waals surface area contributed by atoms with Crippen LogP contribution in [0.2, 0.25) is 0 Å². The topological polar surface area (TPSA) is 98.7 Å². The third kappa shape index (κ3) is 4.63. The first kappa shape index (κ1) is 16.1. The van der Waals surface area contributed by atoms with Gasteiger partial charge in [-0.15, -0.1) is 11.3 Å². The monoisotopic (exact) mass is 299 g/mol. The molecule has 1 heterocycles. The third-order valence-electron chi connectivity index (χ3n) is 2.66. The smallest absolute Gasteiger partial charge is 0.320 e. The maximum atomic E-state index is 11.6. The van der Waals surface area contributed by atoms with E-state index < -0.39 is 23.8 Å². The largest absolute Gasteiger partial charge is 0.480 e. The van der Waals surface area contributed by atoms with E-state index in [1.54, 1.807) is 31.5 Å². The summed E-state index contributed by atoms with van der Waals surface area (Å²) in [4.78, 5) is 36.0. The van der Waals surface area contributed by atoms with E-state index in [4.69, 9.17) is 5.11 Å². The molecular formula is C12H17N3O4S. The lowest BCUT2D eigenvalue weighted by molar-refractivity contribution is -0.143. The van der Waals surface area contributed by atoms with Gasteiger partial charge < -0.3 is 5.11 Å². The molecule has 7 nitrogen and oxygen atoms in total. The van der Waals surface area contributed by atoms with Crippen molar-refractivity contribution in [3.63, 3.8) is 0 Å². The van der Waals surface area contributed by atoms with Gasteiger partial charge in [0, 0.05) is 0 Å². The van der Waals surface area contributed by atoms with Crippen molar-refractivity contribution >= 4 is 29.1 Å². The fraction of sp³-hybridized carbons (Fsp3) is 0.417. The van der Waals surface area contributed by atoms with Crippen LogP contribution in [0.3, 0.4) is 0 Å². The molecule has 110 valence electrons. The normalized spacial score (nSPS) is 11.9. The molecule has 0 aliphatic carbocycles. The lowest BCUT2D eigenvalue weighted by Gasteiger charge is -2.22. The molecule has 1 aromatic rings. The molecule has 0 spiro atoms. The third-order valence-corrected chi connectivity index (χ3v) is 3.53. The fourth-order valence-electron chi connectivity index (χ4n) is 1.65. The maximum absolute atomic E-state index is 11.6. The first-order valence-electron chi connectivity index (χ1n) is 6.01. The number of amides is 2. The number of rotatable bonds is 6. The van der Waals surface area contributed by atoms with Gasteiger partial charge in [-0.2, -0.15) is 0 Å². The zero-order chi connectivity index (χ0) is 15.1. The molecule has 2 amide bonds. The molecule has 0 aliphatic heterocycles. The first-order valence-corrected chi connectivity index (χ1v) is 6.89. The van der Waals surface area contributed by atoms with Gasteiger partial charge in [0.05, 0.1) is 11.4 Å². The highest BCUT2D eigenvalue weighted by Gasteiger charge is 2.22. The van der Waals surface area contributed by atoms with Gasteiger partial charge in [0.1, 0.15) is 6.04 Å². The fourth-order valence-corrected chi connectivity index (χ4v) is 2.27. The van der Waals surface area contributed by atoms with E-state index >= 15 is 0 Å². The molecule has 3 N–H and O–H groups in total. The Morgan fingerprint density at radius 2 is 2.10 bits per heavy atom. The molecule has 20 heavy (non-hydrogen) atoms. The summed E-state index contributed by atoms with van der Waals surface area (Å²) >= 11 is 1.26. The van der Waals surface area contributed by atoms with Crippen LogP contribution in [0.5, 0.6) is 0 Å². The zero-order valence-electron chi connectivity index (χ0n) is 11.3. The van der Waals surface area contributed by atoms with Gasteiger partial charge in [-0.1, -0.05) is 13.0 Å². The van der Waals surface area contributed by atoms with Crippen LogP contribution in [0.4, 0.5) is 0 Å². The molecule has 8 heteroatoms. The number of carboxylic acids is 1. The van der Waals surface area contributed by atoms with E-state index in [2.05, 4.69) is 10.9 Å². The maximum Gasteiger partial charge on any atom is 0.320 e. The van der Waals surface area contributed by atoms with E-state index in [-0.39, 0.29) is 6.54 Å². The van der Waals surface area contributed by atoms with Gasteiger partial charge in [0.25, 0.3) is 11.8 Å². The number of carboxylic acid groups (broad SMARTS) is 1. The number of nitrogens with zero attached hydrogens (tertiary/aromatic N) is 1. The number of hydrogen-bond donors (Lipinski definition) is 3. The van der Waals surface area contributed by atoms with Crippen molar-refractivity contribution in [3.8, 4) is 0 Å². The van der Waals surface area contributed by atoms with Gasteiger partial charge in [-0.25, -0.2) is 0 Å². The van der Waals surface area contributed by atoms with Gasteiger partial charge in [-0.05, 0) is 24.9 Å². The quantitative estimate of drug-likeness (QED) is 0.656. The van der Waals surface area contributed by atoms with Crippen LogP contribution in [0.15, 0.2) is 17.5 Å². The summed E-state index contributed by atoms with van der Waals surface area (Å²) in [6.07, 6.45) is 0.390. The van der Waals surface area contributed by atoms with E-state index in [9.17, 15) is 14.4 Å². The second-order valence-electron chi connectivity index (χ2n) is 4.16. The molecule has 0 bridgehead atoms.